The first-order valence-electron chi connectivity index (χ1n) is 6.89. The number of rotatable bonds is 4. The third-order valence-electron chi connectivity index (χ3n) is 3.24. The third kappa shape index (κ3) is 3.03. The number of amides is 1. The van der Waals surface area contributed by atoms with Crippen LogP contribution in [0.4, 0.5) is 5.69 Å². The van der Waals surface area contributed by atoms with E-state index in [0.717, 1.165) is 17.2 Å². The van der Waals surface area contributed by atoms with Crippen molar-refractivity contribution in [1.29, 1.82) is 0 Å². The number of carbonyl (C=O) groups is 1. The highest BCUT2D eigenvalue weighted by Crippen LogP contribution is 2.19. The average Bonchev–Trinajstić information content (AvgIpc) is 3.09. The summed E-state index contributed by atoms with van der Waals surface area (Å²) in [7, 11) is 0. The Morgan fingerprint density at radius 1 is 1.36 bits per heavy atom. The number of imidazole rings is 1. The van der Waals surface area contributed by atoms with Gasteiger partial charge in [-0.15, -0.1) is 0 Å². The Hall–Kier alpha value is -2.96. The number of benzene rings is 1. The van der Waals surface area contributed by atoms with Gasteiger partial charge in [0.15, 0.2) is 5.82 Å². The van der Waals surface area contributed by atoms with Crippen LogP contribution < -0.4 is 5.32 Å². The van der Waals surface area contributed by atoms with E-state index in [0.29, 0.717) is 11.5 Å². The number of hydrogen-bond donors (Lipinski definition) is 2. The molecule has 22 heavy (non-hydrogen) atoms. The van der Waals surface area contributed by atoms with Crippen molar-refractivity contribution in [2.75, 3.05) is 5.32 Å². The lowest BCUT2D eigenvalue weighted by Gasteiger charge is -2.08. The van der Waals surface area contributed by atoms with Gasteiger partial charge in [-0.3, -0.25) is 9.89 Å². The summed E-state index contributed by atoms with van der Waals surface area (Å²) < 4.78 is 1.79. The molecule has 0 bridgehead atoms. The summed E-state index contributed by atoms with van der Waals surface area (Å²) in [6.07, 6.45) is 3.45. The summed E-state index contributed by atoms with van der Waals surface area (Å²) in [6.45, 7) is 3.94. The fraction of sp³-hybridized carbons (Fsp3) is 0.200. The molecule has 0 saturated heterocycles. The summed E-state index contributed by atoms with van der Waals surface area (Å²) in [5, 5.41) is 9.79. The molecule has 2 aromatic heterocycles. The number of hydrogen-bond acceptors (Lipinski definition) is 4. The van der Waals surface area contributed by atoms with Crippen LogP contribution >= 0.6 is 0 Å². The minimum absolute atomic E-state index is 0.107. The molecule has 2 N–H and O–H groups in total. The topological polar surface area (TPSA) is 88.5 Å². The minimum atomic E-state index is -0.107. The average molecular weight is 296 g/mol. The summed E-state index contributed by atoms with van der Waals surface area (Å²) in [5.41, 5.74) is 1.56. The van der Waals surface area contributed by atoms with Crippen LogP contribution in [0.15, 0.2) is 36.7 Å². The van der Waals surface area contributed by atoms with Gasteiger partial charge in [0.25, 0.3) is 0 Å². The predicted molar refractivity (Wildman–Crippen MR) is 82.1 cm³/mol. The van der Waals surface area contributed by atoms with Crippen molar-refractivity contribution in [2.24, 2.45) is 0 Å². The number of H-pyrrole nitrogens is 1. The van der Waals surface area contributed by atoms with Gasteiger partial charge in [0, 0.05) is 23.6 Å². The van der Waals surface area contributed by atoms with Crippen LogP contribution in [0.1, 0.15) is 11.6 Å². The van der Waals surface area contributed by atoms with E-state index in [9.17, 15) is 4.79 Å². The molecule has 3 rings (SSSR count). The molecule has 0 fully saturated rings. The Kier molecular flexibility index (Phi) is 3.69. The molecular formula is C15H16N6O. The number of aromatic nitrogens is 5. The molecule has 0 saturated carbocycles. The Balaban J connectivity index is 1.73. The Bertz CT molecular complexity index is 804. The van der Waals surface area contributed by atoms with Crippen LogP contribution in [0, 0.1) is 13.8 Å². The molecular weight excluding hydrogens is 280 g/mol. The van der Waals surface area contributed by atoms with Crippen LogP contribution in [-0.4, -0.2) is 30.6 Å². The Morgan fingerprint density at radius 3 is 2.91 bits per heavy atom. The van der Waals surface area contributed by atoms with Gasteiger partial charge in [-0.25, -0.2) is 9.97 Å². The van der Waals surface area contributed by atoms with E-state index in [1.54, 1.807) is 17.0 Å². The minimum Gasteiger partial charge on any atom is -0.326 e. The number of anilines is 1. The van der Waals surface area contributed by atoms with E-state index in [2.05, 4.69) is 25.5 Å². The highest BCUT2D eigenvalue weighted by Gasteiger charge is 2.08. The normalized spacial score (nSPS) is 10.6. The second-order valence-corrected chi connectivity index (χ2v) is 4.98. The first-order valence-corrected chi connectivity index (χ1v) is 6.89. The van der Waals surface area contributed by atoms with Gasteiger partial charge < -0.3 is 9.88 Å². The zero-order chi connectivity index (χ0) is 15.5. The second-order valence-electron chi connectivity index (χ2n) is 4.98. The Labute approximate surface area is 127 Å². The lowest BCUT2D eigenvalue weighted by molar-refractivity contribution is -0.116. The van der Waals surface area contributed by atoms with Gasteiger partial charge in [0.2, 0.25) is 5.91 Å². The molecule has 0 atom stereocenters. The maximum Gasteiger partial charge on any atom is 0.244 e. The number of aryl methyl sites for hydroxylation is 2. The second kappa shape index (κ2) is 5.80. The molecule has 3 aromatic rings. The quantitative estimate of drug-likeness (QED) is 0.770. The zero-order valence-electron chi connectivity index (χ0n) is 12.4. The van der Waals surface area contributed by atoms with E-state index in [1.165, 1.54) is 0 Å². The predicted octanol–water partition coefficient (Wildman–Crippen LogP) is 1.92. The van der Waals surface area contributed by atoms with E-state index < -0.39 is 0 Å². The molecule has 0 aliphatic carbocycles. The lowest BCUT2D eigenvalue weighted by atomic mass is 10.2. The van der Waals surface area contributed by atoms with Gasteiger partial charge >= 0.3 is 0 Å². The lowest BCUT2D eigenvalue weighted by Crippen LogP contribution is -2.19. The summed E-state index contributed by atoms with van der Waals surface area (Å²) in [4.78, 5) is 20.5. The van der Waals surface area contributed by atoms with Crippen molar-refractivity contribution in [2.45, 2.75) is 20.4 Å². The van der Waals surface area contributed by atoms with Crippen molar-refractivity contribution in [1.82, 2.24) is 24.7 Å². The molecule has 1 aromatic carbocycles. The molecule has 0 aliphatic heterocycles. The van der Waals surface area contributed by atoms with Crippen molar-refractivity contribution >= 4 is 11.6 Å². The van der Waals surface area contributed by atoms with Gasteiger partial charge in [-0.2, -0.15) is 5.10 Å². The number of carbonyl (C=O) groups excluding carboxylic acids is 1. The smallest absolute Gasteiger partial charge is 0.244 e. The van der Waals surface area contributed by atoms with Crippen molar-refractivity contribution in [3.63, 3.8) is 0 Å². The van der Waals surface area contributed by atoms with Crippen molar-refractivity contribution < 1.29 is 4.79 Å². The standard InChI is InChI=1S/C15H16N6O/c1-10-17-15(20-19-10)12-4-3-5-13(8-12)18-14(22)9-21-7-6-16-11(21)2/h3-8H,9H2,1-2H3,(H,18,22)(H,17,19,20). The van der Waals surface area contributed by atoms with Gasteiger partial charge in [0.05, 0.1) is 0 Å². The molecule has 1 amide bonds. The van der Waals surface area contributed by atoms with Crippen LogP contribution in [0.25, 0.3) is 11.4 Å². The first-order chi connectivity index (χ1) is 10.6. The number of nitrogens with one attached hydrogen (secondary N) is 2. The van der Waals surface area contributed by atoms with Crippen LogP contribution in [0.2, 0.25) is 0 Å². The molecule has 2 heterocycles. The molecule has 112 valence electrons. The summed E-state index contributed by atoms with van der Waals surface area (Å²) in [5.74, 6) is 2.06. The molecule has 7 nitrogen and oxygen atoms in total. The number of nitrogens with zero attached hydrogens (tertiary/aromatic N) is 4. The fourth-order valence-corrected chi connectivity index (χ4v) is 2.13. The zero-order valence-corrected chi connectivity index (χ0v) is 12.4. The van der Waals surface area contributed by atoms with Crippen molar-refractivity contribution in [3.05, 3.63) is 48.3 Å². The van der Waals surface area contributed by atoms with Crippen LogP contribution in [-0.2, 0) is 11.3 Å². The summed E-state index contributed by atoms with van der Waals surface area (Å²) >= 11 is 0. The summed E-state index contributed by atoms with van der Waals surface area (Å²) in [6, 6.07) is 7.44. The molecule has 0 unspecified atom stereocenters. The highest BCUT2D eigenvalue weighted by molar-refractivity contribution is 5.91. The van der Waals surface area contributed by atoms with Crippen molar-refractivity contribution in [3.8, 4) is 11.4 Å². The fourth-order valence-electron chi connectivity index (χ4n) is 2.13. The monoisotopic (exact) mass is 296 g/mol. The van der Waals surface area contributed by atoms with Crippen LogP contribution in [0.3, 0.4) is 0 Å². The maximum atomic E-state index is 12.1. The SMILES string of the molecule is Cc1nc(-c2cccc(NC(=O)Cn3ccnc3C)c2)n[nH]1. The maximum absolute atomic E-state index is 12.1. The Morgan fingerprint density at radius 2 is 2.23 bits per heavy atom. The first kappa shape index (κ1) is 14.0. The van der Waals surface area contributed by atoms with E-state index in [1.807, 2.05) is 38.1 Å². The van der Waals surface area contributed by atoms with Gasteiger partial charge in [0.1, 0.15) is 18.2 Å². The van der Waals surface area contributed by atoms with Gasteiger partial charge in [-0.1, -0.05) is 12.1 Å². The molecule has 0 spiro atoms. The van der Waals surface area contributed by atoms with E-state index in [-0.39, 0.29) is 12.5 Å². The van der Waals surface area contributed by atoms with Gasteiger partial charge in [-0.05, 0) is 26.0 Å². The largest absolute Gasteiger partial charge is 0.326 e. The van der Waals surface area contributed by atoms with E-state index in [4.69, 9.17) is 0 Å². The third-order valence-corrected chi connectivity index (χ3v) is 3.24. The molecule has 0 aliphatic rings. The molecule has 7 heteroatoms. The highest BCUT2D eigenvalue weighted by atomic mass is 16.1. The van der Waals surface area contributed by atoms with E-state index >= 15 is 0 Å². The molecule has 0 radical (unpaired) electrons. The van der Waals surface area contributed by atoms with Crippen LogP contribution in [0.5, 0.6) is 0 Å². The number of aromatic amines is 1.